The zero-order valence-electron chi connectivity index (χ0n) is 15.2. The molecule has 0 atom stereocenters. The van der Waals surface area contributed by atoms with Gasteiger partial charge >= 0.3 is 6.09 Å². The summed E-state index contributed by atoms with van der Waals surface area (Å²) in [5.41, 5.74) is 0.216. The Bertz CT molecular complexity index is 1000. The van der Waals surface area contributed by atoms with Crippen molar-refractivity contribution in [2.45, 2.75) is 26.4 Å². The van der Waals surface area contributed by atoms with Gasteiger partial charge in [-0.15, -0.1) is 0 Å². The van der Waals surface area contributed by atoms with Gasteiger partial charge in [-0.05, 0) is 51.1 Å². The number of thiazole rings is 1. The van der Waals surface area contributed by atoms with Gasteiger partial charge in [-0.1, -0.05) is 27.3 Å². The molecule has 0 fully saturated rings. The van der Waals surface area contributed by atoms with Crippen LogP contribution in [-0.2, 0) is 4.74 Å². The number of halogens is 2. The van der Waals surface area contributed by atoms with Crippen LogP contribution in [0.2, 0.25) is 0 Å². The number of fused-ring (bicyclic) bond motifs is 1. The van der Waals surface area contributed by atoms with E-state index in [2.05, 4.69) is 20.9 Å². The minimum absolute atomic E-state index is 0.227. The summed E-state index contributed by atoms with van der Waals surface area (Å²) in [7, 11) is 1.46. The summed E-state index contributed by atoms with van der Waals surface area (Å²) in [6.07, 6.45) is -0.662. The maximum atomic E-state index is 14.0. The Morgan fingerprint density at radius 3 is 2.63 bits per heavy atom. The molecule has 0 aliphatic heterocycles. The zero-order valence-corrected chi connectivity index (χ0v) is 17.6. The molecule has 1 heterocycles. The highest BCUT2D eigenvalue weighted by molar-refractivity contribution is 9.10. The van der Waals surface area contributed by atoms with Crippen molar-refractivity contribution in [1.82, 2.24) is 4.98 Å². The number of ether oxygens (including phenoxy) is 2. The Hall–Kier alpha value is -2.19. The van der Waals surface area contributed by atoms with Crippen LogP contribution in [0.5, 0.6) is 5.75 Å². The van der Waals surface area contributed by atoms with E-state index in [0.717, 1.165) is 9.17 Å². The normalized spacial score (nSPS) is 11.5. The molecule has 0 spiro atoms. The van der Waals surface area contributed by atoms with Crippen molar-refractivity contribution in [1.29, 1.82) is 0 Å². The first-order valence-corrected chi connectivity index (χ1v) is 9.71. The lowest BCUT2D eigenvalue weighted by atomic mass is 10.2. The van der Waals surface area contributed by atoms with E-state index in [1.807, 2.05) is 18.2 Å². The molecule has 1 aromatic heterocycles. The quantitative estimate of drug-likeness (QED) is 0.469. The van der Waals surface area contributed by atoms with Gasteiger partial charge in [-0.2, -0.15) is 0 Å². The molecule has 3 rings (SSSR count). The first-order valence-electron chi connectivity index (χ1n) is 8.11. The van der Waals surface area contributed by atoms with E-state index in [4.69, 9.17) is 9.47 Å². The van der Waals surface area contributed by atoms with Gasteiger partial charge in [0, 0.05) is 10.5 Å². The van der Waals surface area contributed by atoms with Crippen molar-refractivity contribution < 1.29 is 18.7 Å². The van der Waals surface area contributed by atoms with Crippen LogP contribution in [0.3, 0.4) is 0 Å². The van der Waals surface area contributed by atoms with Crippen LogP contribution in [0.4, 0.5) is 20.0 Å². The van der Waals surface area contributed by atoms with Gasteiger partial charge in [-0.25, -0.2) is 19.1 Å². The number of amides is 1. The Kier molecular flexibility index (Phi) is 5.39. The molecule has 8 heteroatoms. The van der Waals surface area contributed by atoms with Gasteiger partial charge in [0.2, 0.25) is 5.13 Å². The average molecular weight is 453 g/mol. The van der Waals surface area contributed by atoms with Gasteiger partial charge in [0.05, 0.1) is 23.0 Å². The van der Waals surface area contributed by atoms with Crippen molar-refractivity contribution in [3.8, 4) is 5.75 Å². The first-order chi connectivity index (χ1) is 12.7. The van der Waals surface area contributed by atoms with Crippen molar-refractivity contribution in [3.63, 3.8) is 0 Å². The van der Waals surface area contributed by atoms with Crippen LogP contribution in [0.1, 0.15) is 20.8 Å². The second-order valence-electron chi connectivity index (χ2n) is 6.74. The molecule has 3 aromatic rings. The minimum Gasteiger partial charge on any atom is -0.495 e. The molecule has 142 valence electrons. The predicted octanol–water partition coefficient (Wildman–Crippen LogP) is 6.28. The Morgan fingerprint density at radius 2 is 1.96 bits per heavy atom. The summed E-state index contributed by atoms with van der Waals surface area (Å²) in [5.74, 6) is -0.161. The molecule has 0 saturated carbocycles. The summed E-state index contributed by atoms with van der Waals surface area (Å²) in [5, 5.41) is 0.362. The van der Waals surface area contributed by atoms with Crippen LogP contribution in [0, 0.1) is 5.82 Å². The Labute approximate surface area is 168 Å². The van der Waals surface area contributed by atoms with Crippen LogP contribution in [-0.4, -0.2) is 23.8 Å². The van der Waals surface area contributed by atoms with Gasteiger partial charge in [0.1, 0.15) is 17.2 Å². The monoisotopic (exact) mass is 452 g/mol. The van der Waals surface area contributed by atoms with E-state index in [9.17, 15) is 9.18 Å². The SMILES string of the molecule is COc1ccc(F)cc1N(C(=O)OC(C)(C)C)c1nc2cc(Br)ccc2s1. The lowest BCUT2D eigenvalue weighted by Crippen LogP contribution is -2.34. The maximum Gasteiger partial charge on any atom is 0.421 e. The molecule has 0 unspecified atom stereocenters. The Balaban J connectivity index is 2.17. The van der Waals surface area contributed by atoms with Crippen LogP contribution in [0.25, 0.3) is 10.2 Å². The lowest BCUT2D eigenvalue weighted by Gasteiger charge is -2.26. The fraction of sp³-hybridized carbons (Fsp3) is 0.263. The number of carbonyl (C=O) groups is 1. The number of hydrogen-bond donors (Lipinski definition) is 0. The third-order valence-electron chi connectivity index (χ3n) is 3.49. The van der Waals surface area contributed by atoms with Gasteiger partial charge < -0.3 is 9.47 Å². The van der Waals surface area contributed by atoms with E-state index in [0.29, 0.717) is 16.4 Å². The number of carbonyl (C=O) groups excluding carboxylic acids is 1. The van der Waals surface area contributed by atoms with Crippen molar-refractivity contribution in [2.75, 3.05) is 12.0 Å². The fourth-order valence-electron chi connectivity index (χ4n) is 2.41. The number of rotatable bonds is 3. The summed E-state index contributed by atoms with van der Waals surface area (Å²) < 4.78 is 26.6. The molecule has 0 radical (unpaired) electrons. The summed E-state index contributed by atoms with van der Waals surface area (Å²) in [6.45, 7) is 5.30. The third kappa shape index (κ3) is 4.39. The summed E-state index contributed by atoms with van der Waals surface area (Å²) in [6, 6.07) is 9.61. The third-order valence-corrected chi connectivity index (χ3v) is 5.00. The van der Waals surface area contributed by atoms with E-state index >= 15 is 0 Å². The van der Waals surface area contributed by atoms with Gasteiger partial charge in [0.25, 0.3) is 0 Å². The number of nitrogens with zero attached hydrogens (tertiary/aromatic N) is 2. The highest BCUT2D eigenvalue weighted by Crippen LogP contribution is 2.39. The van der Waals surface area contributed by atoms with Gasteiger partial charge in [-0.3, -0.25) is 0 Å². The number of benzene rings is 2. The molecular formula is C19H18BrFN2O3S. The van der Waals surface area contributed by atoms with Crippen molar-refractivity contribution in [2.24, 2.45) is 0 Å². The largest absolute Gasteiger partial charge is 0.495 e. The van der Waals surface area contributed by atoms with Crippen LogP contribution >= 0.6 is 27.3 Å². The number of aromatic nitrogens is 1. The zero-order chi connectivity index (χ0) is 19.8. The number of anilines is 2. The van der Waals surface area contributed by atoms with Crippen molar-refractivity contribution in [3.05, 3.63) is 46.7 Å². The summed E-state index contributed by atoms with van der Waals surface area (Å²) >= 11 is 4.72. The van der Waals surface area contributed by atoms with E-state index in [1.54, 1.807) is 20.8 Å². The smallest absolute Gasteiger partial charge is 0.421 e. The maximum absolute atomic E-state index is 14.0. The lowest BCUT2D eigenvalue weighted by molar-refractivity contribution is 0.0598. The second kappa shape index (κ2) is 7.44. The predicted molar refractivity (Wildman–Crippen MR) is 109 cm³/mol. The number of methoxy groups -OCH3 is 1. The summed E-state index contributed by atoms with van der Waals surface area (Å²) in [4.78, 5) is 18.7. The van der Waals surface area contributed by atoms with Crippen molar-refractivity contribution >= 4 is 54.4 Å². The highest BCUT2D eigenvalue weighted by Gasteiger charge is 2.30. The van der Waals surface area contributed by atoms with E-state index in [-0.39, 0.29) is 5.69 Å². The molecule has 0 saturated heterocycles. The molecule has 5 nitrogen and oxygen atoms in total. The average Bonchev–Trinajstić information content (AvgIpc) is 2.96. The molecule has 27 heavy (non-hydrogen) atoms. The standard InChI is InChI=1S/C19H18BrFN2O3S/c1-19(2,3)26-18(24)23(14-10-12(21)6-7-15(14)25-4)17-22-13-9-11(20)5-8-16(13)27-17/h5-10H,1-4H3. The minimum atomic E-state index is -0.727. The topological polar surface area (TPSA) is 51.7 Å². The van der Waals surface area contributed by atoms with Crippen LogP contribution in [0.15, 0.2) is 40.9 Å². The fourth-order valence-corrected chi connectivity index (χ4v) is 3.71. The van der Waals surface area contributed by atoms with E-state index in [1.165, 1.54) is 41.5 Å². The molecular weight excluding hydrogens is 435 g/mol. The highest BCUT2D eigenvalue weighted by atomic mass is 79.9. The molecule has 0 aliphatic rings. The van der Waals surface area contributed by atoms with E-state index < -0.39 is 17.5 Å². The molecule has 0 N–H and O–H groups in total. The number of hydrogen-bond acceptors (Lipinski definition) is 5. The van der Waals surface area contributed by atoms with Gasteiger partial charge in [0.15, 0.2) is 0 Å². The first kappa shape index (κ1) is 19.6. The molecule has 0 bridgehead atoms. The van der Waals surface area contributed by atoms with Crippen LogP contribution < -0.4 is 9.64 Å². The molecule has 2 aromatic carbocycles. The second-order valence-corrected chi connectivity index (χ2v) is 8.67. The molecule has 1 amide bonds. The molecule has 0 aliphatic carbocycles. The Morgan fingerprint density at radius 1 is 1.22 bits per heavy atom.